The van der Waals surface area contributed by atoms with E-state index in [1.165, 1.54) is 12.3 Å². The summed E-state index contributed by atoms with van der Waals surface area (Å²) < 4.78 is 58.8. The van der Waals surface area contributed by atoms with Gasteiger partial charge in [-0.25, -0.2) is 9.37 Å². The van der Waals surface area contributed by atoms with Gasteiger partial charge in [-0.15, -0.1) is 0 Å². The van der Waals surface area contributed by atoms with Crippen LogP contribution < -0.4 is 5.32 Å². The molecule has 0 saturated carbocycles. The Hall–Kier alpha value is -2.99. The number of nitrogens with zero attached hydrogens (tertiary/aromatic N) is 5. The van der Waals surface area contributed by atoms with Gasteiger partial charge in [-0.2, -0.15) is 18.3 Å². The Morgan fingerprint density at radius 2 is 1.97 bits per heavy atom. The standard InChI is InChI=1S/C19H17ClF4N6O2/c20-13-6-11(21)8-26-17(13)27-16-12-9-25-14(18(31)29-2-1-4-32-5-3-29)7-15(12)30(28-16)10-19(22,23)24/h6-9H,1-5,10H2,(H,26,27,28). The van der Waals surface area contributed by atoms with E-state index in [0.29, 0.717) is 32.7 Å². The van der Waals surface area contributed by atoms with Crippen LogP contribution in [0.3, 0.4) is 0 Å². The third-order valence-electron chi connectivity index (χ3n) is 4.74. The molecule has 1 aliphatic heterocycles. The number of hydrogen-bond acceptors (Lipinski definition) is 6. The van der Waals surface area contributed by atoms with Gasteiger partial charge in [-0.05, 0) is 18.6 Å². The highest BCUT2D eigenvalue weighted by Gasteiger charge is 2.31. The van der Waals surface area contributed by atoms with Crippen LogP contribution in [0, 0.1) is 5.82 Å². The van der Waals surface area contributed by atoms with Crippen molar-refractivity contribution in [3.63, 3.8) is 0 Å². The number of rotatable bonds is 4. The number of hydrogen-bond donors (Lipinski definition) is 1. The van der Waals surface area contributed by atoms with Crippen molar-refractivity contribution in [3.8, 4) is 0 Å². The van der Waals surface area contributed by atoms with Gasteiger partial charge in [0.25, 0.3) is 5.91 Å². The quantitative estimate of drug-likeness (QED) is 0.582. The number of aromatic nitrogens is 4. The first-order valence-electron chi connectivity index (χ1n) is 9.60. The number of carbonyl (C=O) groups excluding carboxylic acids is 1. The van der Waals surface area contributed by atoms with Crippen molar-refractivity contribution in [1.29, 1.82) is 0 Å². The fourth-order valence-corrected chi connectivity index (χ4v) is 3.50. The van der Waals surface area contributed by atoms with Gasteiger partial charge in [0.2, 0.25) is 0 Å². The molecular formula is C19H17ClF4N6O2. The third kappa shape index (κ3) is 4.91. The Morgan fingerprint density at radius 1 is 1.16 bits per heavy atom. The normalized spacial score (nSPS) is 15.1. The molecular weight excluding hydrogens is 456 g/mol. The molecule has 8 nitrogen and oxygen atoms in total. The van der Waals surface area contributed by atoms with E-state index in [4.69, 9.17) is 16.3 Å². The van der Waals surface area contributed by atoms with Crippen LogP contribution in [0.15, 0.2) is 24.5 Å². The lowest BCUT2D eigenvalue weighted by Crippen LogP contribution is -2.33. The number of nitrogens with one attached hydrogen (secondary N) is 1. The number of ether oxygens (including phenoxy) is 1. The van der Waals surface area contributed by atoms with Crippen LogP contribution in [0.2, 0.25) is 5.02 Å². The maximum absolute atomic E-state index is 13.3. The summed E-state index contributed by atoms with van der Waals surface area (Å²) in [7, 11) is 0. The van der Waals surface area contributed by atoms with Crippen LogP contribution in [-0.4, -0.2) is 63.0 Å². The Balaban J connectivity index is 1.73. The topological polar surface area (TPSA) is 85.2 Å². The zero-order valence-electron chi connectivity index (χ0n) is 16.5. The van der Waals surface area contributed by atoms with Crippen LogP contribution in [-0.2, 0) is 11.3 Å². The minimum atomic E-state index is -4.56. The van der Waals surface area contributed by atoms with E-state index < -0.39 is 24.4 Å². The molecule has 0 bridgehead atoms. The number of amides is 1. The van der Waals surface area contributed by atoms with Gasteiger partial charge in [-0.1, -0.05) is 11.6 Å². The van der Waals surface area contributed by atoms with E-state index in [-0.39, 0.29) is 33.3 Å². The van der Waals surface area contributed by atoms with Gasteiger partial charge in [0.1, 0.15) is 18.1 Å². The predicted octanol–water partition coefficient (Wildman–Crippen LogP) is 3.79. The summed E-state index contributed by atoms with van der Waals surface area (Å²) in [6.45, 7) is 0.345. The summed E-state index contributed by atoms with van der Waals surface area (Å²) >= 11 is 5.95. The third-order valence-corrected chi connectivity index (χ3v) is 5.03. The molecule has 13 heteroatoms. The summed E-state index contributed by atoms with van der Waals surface area (Å²) in [5.41, 5.74) is 0.0414. The van der Waals surface area contributed by atoms with E-state index in [1.54, 1.807) is 4.90 Å². The fourth-order valence-electron chi connectivity index (χ4n) is 3.30. The first kappa shape index (κ1) is 22.2. The molecule has 3 aromatic heterocycles. The van der Waals surface area contributed by atoms with Crippen molar-refractivity contribution in [3.05, 3.63) is 41.1 Å². The summed E-state index contributed by atoms with van der Waals surface area (Å²) in [5.74, 6) is -1.08. The first-order chi connectivity index (χ1) is 15.2. The molecule has 1 fully saturated rings. The van der Waals surface area contributed by atoms with Crippen molar-refractivity contribution in [2.24, 2.45) is 0 Å². The molecule has 0 atom stereocenters. The first-order valence-corrected chi connectivity index (χ1v) is 9.97. The monoisotopic (exact) mass is 472 g/mol. The molecule has 1 N–H and O–H groups in total. The zero-order chi connectivity index (χ0) is 22.9. The van der Waals surface area contributed by atoms with Gasteiger partial charge < -0.3 is 15.0 Å². The predicted molar refractivity (Wildman–Crippen MR) is 107 cm³/mol. The molecule has 0 aliphatic carbocycles. The molecule has 3 aromatic rings. The van der Waals surface area contributed by atoms with E-state index in [1.807, 2.05) is 0 Å². The largest absolute Gasteiger partial charge is 0.408 e. The van der Waals surface area contributed by atoms with Crippen LogP contribution in [0.1, 0.15) is 16.9 Å². The molecule has 0 radical (unpaired) electrons. The lowest BCUT2D eigenvalue weighted by atomic mass is 10.2. The molecule has 170 valence electrons. The van der Waals surface area contributed by atoms with E-state index in [2.05, 4.69) is 20.4 Å². The highest BCUT2D eigenvalue weighted by Crippen LogP contribution is 2.30. The van der Waals surface area contributed by atoms with Gasteiger partial charge in [0.05, 0.1) is 28.7 Å². The van der Waals surface area contributed by atoms with Crippen LogP contribution in [0.5, 0.6) is 0 Å². The molecule has 1 aliphatic rings. The van der Waals surface area contributed by atoms with Crippen LogP contribution >= 0.6 is 11.6 Å². The van der Waals surface area contributed by atoms with Crippen molar-refractivity contribution in [2.45, 2.75) is 19.1 Å². The van der Waals surface area contributed by atoms with Crippen LogP contribution in [0.4, 0.5) is 29.2 Å². The maximum atomic E-state index is 13.3. The van der Waals surface area contributed by atoms with Crippen molar-refractivity contribution >= 4 is 40.0 Å². The van der Waals surface area contributed by atoms with Crippen molar-refractivity contribution in [1.82, 2.24) is 24.6 Å². The van der Waals surface area contributed by atoms with Crippen LogP contribution in [0.25, 0.3) is 10.9 Å². The van der Waals surface area contributed by atoms with Crippen molar-refractivity contribution in [2.75, 3.05) is 31.6 Å². The minimum absolute atomic E-state index is 0.00721. The molecule has 4 heterocycles. The number of pyridine rings is 2. The SMILES string of the molecule is O=C(c1cc2c(cn1)c(Nc1ncc(F)cc1Cl)nn2CC(F)(F)F)N1CCCOCC1. The number of carbonyl (C=O) groups is 1. The number of halogens is 5. The lowest BCUT2D eigenvalue weighted by molar-refractivity contribution is -0.141. The Labute approximate surface area is 184 Å². The summed E-state index contributed by atoms with van der Waals surface area (Å²) in [6.07, 6.45) is -1.74. The molecule has 0 spiro atoms. The highest BCUT2D eigenvalue weighted by atomic mass is 35.5. The van der Waals surface area contributed by atoms with E-state index in [0.717, 1.165) is 16.9 Å². The molecule has 1 amide bonds. The zero-order valence-corrected chi connectivity index (χ0v) is 17.3. The summed E-state index contributed by atoms with van der Waals surface area (Å²) in [5, 5.41) is 6.82. The summed E-state index contributed by atoms with van der Waals surface area (Å²) in [4.78, 5) is 22.3. The second-order valence-electron chi connectivity index (χ2n) is 7.08. The average molecular weight is 473 g/mol. The maximum Gasteiger partial charge on any atom is 0.408 e. The second-order valence-corrected chi connectivity index (χ2v) is 7.48. The van der Waals surface area contributed by atoms with E-state index >= 15 is 0 Å². The molecule has 0 unspecified atom stereocenters. The Kier molecular flexibility index (Phi) is 6.15. The smallest absolute Gasteiger partial charge is 0.380 e. The van der Waals surface area contributed by atoms with Gasteiger partial charge >= 0.3 is 6.18 Å². The number of alkyl halides is 3. The average Bonchev–Trinajstić information content (AvgIpc) is 2.90. The van der Waals surface area contributed by atoms with Gasteiger partial charge in [-0.3, -0.25) is 14.5 Å². The Morgan fingerprint density at radius 3 is 2.72 bits per heavy atom. The second kappa shape index (κ2) is 8.87. The molecule has 0 aromatic carbocycles. The highest BCUT2D eigenvalue weighted by molar-refractivity contribution is 6.33. The minimum Gasteiger partial charge on any atom is -0.380 e. The molecule has 32 heavy (non-hydrogen) atoms. The number of fused-ring (bicyclic) bond motifs is 1. The lowest BCUT2D eigenvalue weighted by Gasteiger charge is -2.19. The molecule has 4 rings (SSSR count). The van der Waals surface area contributed by atoms with Crippen molar-refractivity contribution < 1.29 is 27.1 Å². The van der Waals surface area contributed by atoms with Gasteiger partial charge in [0, 0.05) is 25.9 Å². The van der Waals surface area contributed by atoms with E-state index in [9.17, 15) is 22.4 Å². The Bertz CT molecular complexity index is 1140. The summed E-state index contributed by atoms with van der Waals surface area (Å²) in [6, 6.07) is 2.28. The van der Waals surface area contributed by atoms with Gasteiger partial charge in [0.15, 0.2) is 11.6 Å². The number of anilines is 2. The molecule has 1 saturated heterocycles. The fraction of sp³-hybridized carbons (Fsp3) is 0.368.